The van der Waals surface area contributed by atoms with Crippen LogP contribution in [0.2, 0.25) is 0 Å². The third kappa shape index (κ3) is 3.02. The van der Waals surface area contributed by atoms with Crippen LogP contribution in [-0.4, -0.2) is 22.4 Å². The summed E-state index contributed by atoms with van der Waals surface area (Å²) in [5, 5.41) is 11.1. The topological polar surface area (TPSA) is 61.6 Å². The Labute approximate surface area is 127 Å². The number of ether oxygens (including phenoxy) is 2. The fourth-order valence-corrected chi connectivity index (χ4v) is 3.11. The molecule has 1 aliphatic carbocycles. The number of nitrogens with zero attached hydrogens (tertiary/aromatic N) is 1. The molecule has 1 aromatic rings. The van der Waals surface area contributed by atoms with Crippen LogP contribution in [0.5, 0.6) is 11.5 Å². The van der Waals surface area contributed by atoms with E-state index in [9.17, 15) is 10.1 Å². The molecule has 0 N–H and O–H groups in total. The van der Waals surface area contributed by atoms with Gasteiger partial charge in [0.25, 0.3) is 5.69 Å². The number of nitro benzene ring substituents is 1. The van der Waals surface area contributed by atoms with Crippen LogP contribution in [0.3, 0.4) is 0 Å². The molecule has 0 spiro atoms. The van der Waals surface area contributed by atoms with Gasteiger partial charge in [-0.05, 0) is 24.8 Å². The predicted octanol–water partition coefficient (Wildman–Crippen LogP) is 3.66. The summed E-state index contributed by atoms with van der Waals surface area (Å²) in [6.45, 7) is 0. The van der Waals surface area contributed by atoms with Crippen molar-refractivity contribution in [1.29, 1.82) is 0 Å². The Balaban J connectivity index is 2.37. The lowest BCUT2D eigenvalue weighted by molar-refractivity contribution is -0.385. The van der Waals surface area contributed by atoms with Crippen LogP contribution < -0.4 is 9.47 Å². The summed E-state index contributed by atoms with van der Waals surface area (Å²) in [5.41, 5.74) is 0.730. The summed E-state index contributed by atoms with van der Waals surface area (Å²) in [5.74, 6) is 1.22. The summed E-state index contributed by atoms with van der Waals surface area (Å²) in [4.78, 5) is 10.8. The van der Waals surface area contributed by atoms with Gasteiger partial charge in [-0.3, -0.25) is 10.1 Å². The molecule has 7 heteroatoms. The maximum atomic E-state index is 11.1. The number of methoxy groups -OCH3 is 2. The average molecular weight is 395 g/mol. The summed E-state index contributed by atoms with van der Waals surface area (Å²) in [7, 11) is 2.98. The first-order chi connectivity index (χ1) is 8.89. The number of alkyl halides is 2. The van der Waals surface area contributed by atoms with Crippen LogP contribution in [0, 0.1) is 16.0 Å². The minimum absolute atomic E-state index is 0.0698. The standard InChI is InChI=1S/C12H13Br2NO4/c1-18-10-4-7(3-8-6-12(8,13)14)9(15(16)17)5-11(10)19-2/h4-5,8H,3,6H2,1-2H3. The molecule has 0 heterocycles. The highest BCUT2D eigenvalue weighted by Gasteiger charge is 2.50. The van der Waals surface area contributed by atoms with Crippen molar-refractivity contribution < 1.29 is 14.4 Å². The maximum Gasteiger partial charge on any atom is 0.276 e. The third-order valence-electron chi connectivity index (χ3n) is 3.20. The largest absolute Gasteiger partial charge is 0.493 e. The number of rotatable bonds is 5. The van der Waals surface area contributed by atoms with Crippen molar-refractivity contribution >= 4 is 37.5 Å². The molecule has 0 aromatic heterocycles. The lowest BCUT2D eigenvalue weighted by Gasteiger charge is -2.10. The SMILES string of the molecule is COc1cc(CC2CC2(Br)Br)c([N+](=O)[O-])cc1OC. The van der Waals surface area contributed by atoms with Gasteiger partial charge in [0.05, 0.1) is 28.4 Å². The second-order valence-corrected chi connectivity index (χ2v) is 8.35. The van der Waals surface area contributed by atoms with Crippen LogP contribution in [0.15, 0.2) is 12.1 Å². The average Bonchev–Trinajstić information content (AvgIpc) is 2.95. The number of halogens is 2. The number of hydrogen-bond donors (Lipinski definition) is 0. The van der Waals surface area contributed by atoms with E-state index in [-0.39, 0.29) is 13.8 Å². The zero-order valence-electron chi connectivity index (χ0n) is 10.5. The molecule has 1 aromatic carbocycles. The van der Waals surface area contributed by atoms with E-state index in [2.05, 4.69) is 31.9 Å². The highest BCUT2D eigenvalue weighted by Crippen LogP contribution is 2.58. The van der Waals surface area contributed by atoms with Gasteiger partial charge in [-0.1, -0.05) is 31.9 Å². The molecule has 0 aliphatic heterocycles. The Morgan fingerprint density at radius 1 is 1.37 bits per heavy atom. The van der Waals surface area contributed by atoms with Crippen molar-refractivity contribution in [2.75, 3.05) is 14.2 Å². The van der Waals surface area contributed by atoms with Crippen molar-refractivity contribution in [2.45, 2.75) is 16.1 Å². The van der Waals surface area contributed by atoms with Crippen molar-refractivity contribution in [3.05, 3.63) is 27.8 Å². The van der Waals surface area contributed by atoms with Crippen LogP contribution in [0.25, 0.3) is 0 Å². The van der Waals surface area contributed by atoms with Crippen molar-refractivity contribution in [1.82, 2.24) is 0 Å². The molecule has 0 bridgehead atoms. The van der Waals surface area contributed by atoms with Gasteiger partial charge < -0.3 is 9.47 Å². The van der Waals surface area contributed by atoms with Gasteiger partial charge in [0.15, 0.2) is 11.5 Å². The van der Waals surface area contributed by atoms with Gasteiger partial charge in [-0.15, -0.1) is 0 Å². The minimum Gasteiger partial charge on any atom is -0.493 e. The molecule has 19 heavy (non-hydrogen) atoms. The zero-order chi connectivity index (χ0) is 14.2. The molecule has 5 nitrogen and oxygen atoms in total. The van der Waals surface area contributed by atoms with Gasteiger partial charge in [0.2, 0.25) is 0 Å². The lowest BCUT2D eigenvalue weighted by atomic mass is 10.1. The first-order valence-corrected chi connectivity index (χ1v) is 7.24. The number of nitro groups is 1. The van der Waals surface area contributed by atoms with E-state index in [4.69, 9.17) is 9.47 Å². The van der Waals surface area contributed by atoms with E-state index in [1.165, 1.54) is 20.3 Å². The van der Waals surface area contributed by atoms with Gasteiger partial charge >= 0.3 is 0 Å². The highest BCUT2D eigenvalue weighted by molar-refractivity contribution is 9.25. The highest BCUT2D eigenvalue weighted by atomic mass is 79.9. The van der Waals surface area contributed by atoms with E-state index in [0.29, 0.717) is 29.4 Å². The van der Waals surface area contributed by atoms with Crippen LogP contribution in [0.4, 0.5) is 5.69 Å². The first kappa shape index (κ1) is 14.6. The quantitative estimate of drug-likeness (QED) is 0.434. The fraction of sp³-hybridized carbons (Fsp3) is 0.500. The fourth-order valence-electron chi connectivity index (χ4n) is 2.00. The van der Waals surface area contributed by atoms with Gasteiger partial charge in [-0.25, -0.2) is 0 Å². The molecule has 1 saturated carbocycles. The number of benzene rings is 1. The molecular formula is C12H13Br2NO4. The molecule has 104 valence electrons. The maximum absolute atomic E-state index is 11.1. The summed E-state index contributed by atoms with van der Waals surface area (Å²) >= 11 is 7.05. The van der Waals surface area contributed by atoms with Crippen molar-refractivity contribution in [3.8, 4) is 11.5 Å². The summed E-state index contributed by atoms with van der Waals surface area (Å²) in [6.07, 6.45) is 1.56. The second kappa shape index (κ2) is 5.28. The summed E-state index contributed by atoms with van der Waals surface area (Å²) < 4.78 is 10.2. The zero-order valence-corrected chi connectivity index (χ0v) is 13.7. The third-order valence-corrected chi connectivity index (χ3v) is 5.15. The van der Waals surface area contributed by atoms with Crippen molar-refractivity contribution in [3.63, 3.8) is 0 Å². The normalized spacial score (nSPS) is 19.9. The Kier molecular flexibility index (Phi) is 4.06. The van der Waals surface area contributed by atoms with Gasteiger partial charge in [0.1, 0.15) is 0 Å². The predicted molar refractivity (Wildman–Crippen MR) is 78.6 cm³/mol. The molecule has 1 atom stereocenters. The lowest BCUT2D eigenvalue weighted by Crippen LogP contribution is -2.02. The molecule has 0 radical (unpaired) electrons. The van der Waals surface area contributed by atoms with E-state index < -0.39 is 0 Å². The van der Waals surface area contributed by atoms with Gasteiger partial charge in [0, 0.05) is 5.56 Å². The molecule has 2 rings (SSSR count). The Morgan fingerprint density at radius 2 is 1.89 bits per heavy atom. The van der Waals surface area contributed by atoms with E-state index in [1.807, 2.05) is 0 Å². The van der Waals surface area contributed by atoms with E-state index >= 15 is 0 Å². The number of hydrogen-bond acceptors (Lipinski definition) is 4. The van der Waals surface area contributed by atoms with E-state index in [1.54, 1.807) is 6.07 Å². The Morgan fingerprint density at radius 3 is 2.32 bits per heavy atom. The van der Waals surface area contributed by atoms with Crippen LogP contribution in [0.1, 0.15) is 12.0 Å². The molecule has 0 amide bonds. The first-order valence-electron chi connectivity index (χ1n) is 5.66. The Bertz CT molecular complexity index is 519. The van der Waals surface area contributed by atoms with Crippen LogP contribution >= 0.6 is 31.9 Å². The second-order valence-electron chi connectivity index (χ2n) is 4.46. The van der Waals surface area contributed by atoms with Crippen molar-refractivity contribution in [2.24, 2.45) is 5.92 Å². The molecule has 0 saturated heterocycles. The molecule has 1 fully saturated rings. The van der Waals surface area contributed by atoms with Gasteiger partial charge in [-0.2, -0.15) is 0 Å². The molecule has 1 aliphatic rings. The van der Waals surface area contributed by atoms with Crippen LogP contribution in [-0.2, 0) is 6.42 Å². The molecular weight excluding hydrogens is 382 g/mol. The summed E-state index contributed by atoms with van der Waals surface area (Å²) in [6, 6.07) is 3.10. The minimum atomic E-state index is -0.385. The smallest absolute Gasteiger partial charge is 0.276 e. The molecule has 1 unspecified atom stereocenters. The van der Waals surface area contributed by atoms with E-state index in [0.717, 1.165) is 6.42 Å². The monoisotopic (exact) mass is 393 g/mol. The Hall–Kier alpha value is -0.820.